The number of nitrogens with two attached hydrogens (primary N) is 2. The van der Waals surface area contributed by atoms with Crippen LogP contribution in [-0.2, 0) is 0 Å². The van der Waals surface area contributed by atoms with Gasteiger partial charge in [0.25, 0.3) is 0 Å². The van der Waals surface area contributed by atoms with Gasteiger partial charge in [0.2, 0.25) is 0 Å². The molecular formula is C9H11N3. The van der Waals surface area contributed by atoms with Gasteiger partial charge < -0.3 is 11.5 Å². The molecule has 0 bridgehead atoms. The van der Waals surface area contributed by atoms with Gasteiger partial charge in [0.05, 0.1) is 0 Å². The average molecular weight is 161 g/mol. The highest BCUT2D eigenvalue weighted by Crippen LogP contribution is 2.06. The maximum atomic E-state index is 5.67. The molecular weight excluding hydrogens is 150 g/mol. The van der Waals surface area contributed by atoms with Gasteiger partial charge >= 0.3 is 0 Å². The Labute approximate surface area is 71.8 Å². The minimum atomic E-state index is -0.149. The van der Waals surface area contributed by atoms with Crippen LogP contribution in [0.4, 0.5) is 0 Å². The molecule has 0 radical (unpaired) electrons. The number of rotatable bonds is 2. The molecule has 0 saturated carbocycles. The predicted octanol–water partition coefficient (Wildman–Crippen LogP) is 0.0214. The van der Waals surface area contributed by atoms with Gasteiger partial charge in [0.15, 0.2) is 0 Å². The van der Waals surface area contributed by atoms with Crippen molar-refractivity contribution >= 4 is 0 Å². The number of pyridine rings is 1. The maximum Gasteiger partial charge on any atom is 0.112 e. The van der Waals surface area contributed by atoms with Crippen molar-refractivity contribution in [3.63, 3.8) is 0 Å². The van der Waals surface area contributed by atoms with Crippen LogP contribution in [0.1, 0.15) is 17.3 Å². The molecule has 1 aromatic heterocycles. The van der Waals surface area contributed by atoms with E-state index < -0.39 is 0 Å². The molecule has 1 aromatic rings. The summed E-state index contributed by atoms with van der Waals surface area (Å²) in [4.78, 5) is 3.99. The standard InChI is InChI=1S/C9H11N3/c1-2-8-4-3-7(6-12-8)9(11)5-10/h1,3-4,6,9H,5,10-11H2/t9-/m1/s1. The Kier molecular flexibility index (Phi) is 2.81. The Morgan fingerprint density at radius 1 is 1.58 bits per heavy atom. The molecule has 0 aromatic carbocycles. The molecule has 1 rings (SSSR count). The second-order valence-electron chi connectivity index (χ2n) is 2.46. The molecule has 4 N–H and O–H groups in total. The third-order valence-electron chi connectivity index (χ3n) is 1.62. The molecule has 0 aliphatic carbocycles. The molecule has 1 atom stereocenters. The maximum absolute atomic E-state index is 5.67. The zero-order valence-electron chi connectivity index (χ0n) is 6.70. The van der Waals surface area contributed by atoms with Crippen LogP contribution in [0.5, 0.6) is 0 Å². The molecule has 3 nitrogen and oxygen atoms in total. The molecule has 0 aliphatic heterocycles. The lowest BCUT2D eigenvalue weighted by Gasteiger charge is -2.07. The Morgan fingerprint density at radius 3 is 2.75 bits per heavy atom. The van der Waals surface area contributed by atoms with E-state index >= 15 is 0 Å². The number of hydrogen-bond donors (Lipinski definition) is 2. The fourth-order valence-corrected chi connectivity index (χ4v) is 0.846. The summed E-state index contributed by atoms with van der Waals surface area (Å²) < 4.78 is 0. The Balaban J connectivity index is 2.86. The minimum absolute atomic E-state index is 0.149. The van der Waals surface area contributed by atoms with Gasteiger partial charge in [0.1, 0.15) is 5.69 Å². The molecule has 0 saturated heterocycles. The summed E-state index contributed by atoms with van der Waals surface area (Å²) in [7, 11) is 0. The smallest absolute Gasteiger partial charge is 0.112 e. The van der Waals surface area contributed by atoms with Crippen LogP contribution in [0.3, 0.4) is 0 Å². The van der Waals surface area contributed by atoms with E-state index in [4.69, 9.17) is 17.9 Å². The van der Waals surface area contributed by atoms with Crippen molar-refractivity contribution in [2.45, 2.75) is 6.04 Å². The Morgan fingerprint density at radius 2 is 2.33 bits per heavy atom. The third-order valence-corrected chi connectivity index (χ3v) is 1.62. The molecule has 3 heteroatoms. The normalized spacial score (nSPS) is 12.1. The first kappa shape index (κ1) is 8.72. The van der Waals surface area contributed by atoms with E-state index in [-0.39, 0.29) is 6.04 Å². The van der Waals surface area contributed by atoms with Crippen molar-refractivity contribution in [2.75, 3.05) is 6.54 Å². The Hall–Kier alpha value is -1.37. The first-order valence-electron chi connectivity index (χ1n) is 3.66. The van der Waals surface area contributed by atoms with E-state index in [0.717, 1.165) is 5.56 Å². The van der Waals surface area contributed by atoms with Gasteiger partial charge in [-0.1, -0.05) is 12.0 Å². The van der Waals surface area contributed by atoms with Gasteiger partial charge in [-0.15, -0.1) is 6.42 Å². The van der Waals surface area contributed by atoms with E-state index in [2.05, 4.69) is 10.9 Å². The van der Waals surface area contributed by atoms with Crippen molar-refractivity contribution in [2.24, 2.45) is 11.5 Å². The lowest BCUT2D eigenvalue weighted by atomic mass is 10.1. The molecule has 0 spiro atoms. The van der Waals surface area contributed by atoms with Crippen LogP contribution < -0.4 is 11.5 Å². The summed E-state index contributed by atoms with van der Waals surface area (Å²) in [5.74, 6) is 2.43. The van der Waals surface area contributed by atoms with Gasteiger partial charge in [-0.05, 0) is 11.6 Å². The second kappa shape index (κ2) is 3.86. The van der Waals surface area contributed by atoms with Crippen molar-refractivity contribution < 1.29 is 0 Å². The molecule has 0 aliphatic rings. The van der Waals surface area contributed by atoms with Gasteiger partial charge in [-0.2, -0.15) is 0 Å². The monoisotopic (exact) mass is 161 g/mol. The fraction of sp³-hybridized carbons (Fsp3) is 0.222. The molecule has 0 fully saturated rings. The number of hydrogen-bond acceptors (Lipinski definition) is 3. The van der Waals surface area contributed by atoms with Gasteiger partial charge in [0, 0.05) is 18.8 Å². The van der Waals surface area contributed by atoms with Crippen molar-refractivity contribution in [3.05, 3.63) is 29.6 Å². The number of terminal acetylenes is 1. The van der Waals surface area contributed by atoms with E-state index in [0.29, 0.717) is 12.2 Å². The summed E-state index contributed by atoms with van der Waals surface area (Å²) in [6, 6.07) is 3.45. The van der Waals surface area contributed by atoms with Crippen LogP contribution in [0.15, 0.2) is 18.3 Å². The third kappa shape index (κ3) is 1.82. The van der Waals surface area contributed by atoms with Gasteiger partial charge in [-0.25, -0.2) is 4.98 Å². The van der Waals surface area contributed by atoms with Crippen LogP contribution >= 0.6 is 0 Å². The zero-order chi connectivity index (χ0) is 8.97. The lowest BCUT2D eigenvalue weighted by Crippen LogP contribution is -2.20. The van der Waals surface area contributed by atoms with Crippen molar-refractivity contribution in [3.8, 4) is 12.3 Å². The SMILES string of the molecule is C#Cc1ccc([C@H](N)CN)cn1. The summed E-state index contributed by atoms with van der Waals surface area (Å²) in [5, 5.41) is 0. The van der Waals surface area contributed by atoms with E-state index in [1.165, 1.54) is 0 Å². The first-order chi connectivity index (χ1) is 5.77. The lowest BCUT2D eigenvalue weighted by molar-refractivity contribution is 0.733. The van der Waals surface area contributed by atoms with Crippen molar-refractivity contribution in [1.82, 2.24) is 4.98 Å². The van der Waals surface area contributed by atoms with Gasteiger partial charge in [-0.3, -0.25) is 0 Å². The first-order valence-corrected chi connectivity index (χ1v) is 3.66. The Bertz CT molecular complexity index is 284. The molecule has 0 amide bonds. The quantitative estimate of drug-likeness (QED) is 0.601. The fourth-order valence-electron chi connectivity index (χ4n) is 0.846. The molecule has 1 heterocycles. The van der Waals surface area contributed by atoms with Crippen LogP contribution in [0.25, 0.3) is 0 Å². The second-order valence-corrected chi connectivity index (χ2v) is 2.46. The van der Waals surface area contributed by atoms with Crippen LogP contribution in [-0.4, -0.2) is 11.5 Å². The summed E-state index contributed by atoms with van der Waals surface area (Å²) in [6.07, 6.45) is 6.80. The summed E-state index contributed by atoms with van der Waals surface area (Å²) in [5.41, 5.74) is 12.6. The van der Waals surface area contributed by atoms with E-state index in [9.17, 15) is 0 Å². The van der Waals surface area contributed by atoms with Crippen molar-refractivity contribution in [1.29, 1.82) is 0 Å². The summed E-state index contributed by atoms with van der Waals surface area (Å²) in [6.45, 7) is 0.414. The molecule has 12 heavy (non-hydrogen) atoms. The highest BCUT2D eigenvalue weighted by molar-refractivity contribution is 5.27. The zero-order valence-corrected chi connectivity index (χ0v) is 6.70. The van der Waals surface area contributed by atoms with E-state index in [1.807, 2.05) is 6.07 Å². The minimum Gasteiger partial charge on any atom is -0.329 e. The largest absolute Gasteiger partial charge is 0.329 e. The van der Waals surface area contributed by atoms with E-state index in [1.54, 1.807) is 12.3 Å². The number of aromatic nitrogens is 1. The predicted molar refractivity (Wildman–Crippen MR) is 48.2 cm³/mol. The topological polar surface area (TPSA) is 64.9 Å². The molecule has 0 unspecified atom stereocenters. The number of nitrogens with zero attached hydrogens (tertiary/aromatic N) is 1. The van der Waals surface area contributed by atoms with Crippen LogP contribution in [0.2, 0.25) is 0 Å². The molecule has 62 valence electrons. The highest BCUT2D eigenvalue weighted by Gasteiger charge is 2.02. The summed E-state index contributed by atoms with van der Waals surface area (Å²) >= 11 is 0. The average Bonchev–Trinajstić information content (AvgIpc) is 2.17. The van der Waals surface area contributed by atoms with Crippen LogP contribution in [0, 0.1) is 12.3 Å². The highest BCUT2D eigenvalue weighted by atomic mass is 14.7.